The topological polar surface area (TPSA) is 29.1 Å². The minimum atomic E-state index is 0.139. The predicted molar refractivity (Wildman–Crippen MR) is 64.3 cm³/mol. The maximum Gasteiger partial charge on any atom is 0.221 e. The van der Waals surface area contributed by atoms with Crippen LogP contribution in [0.4, 0.5) is 0 Å². The van der Waals surface area contributed by atoms with E-state index in [1.807, 2.05) is 36.0 Å². The van der Waals surface area contributed by atoms with Crippen LogP contribution in [0.5, 0.6) is 0 Å². The molecule has 1 amide bonds. The summed E-state index contributed by atoms with van der Waals surface area (Å²) in [6.07, 6.45) is 0.562. The summed E-state index contributed by atoms with van der Waals surface area (Å²) in [6.45, 7) is 0.771. The van der Waals surface area contributed by atoms with Crippen molar-refractivity contribution in [1.82, 2.24) is 5.32 Å². The second-order valence-electron chi connectivity index (χ2n) is 3.47. The highest BCUT2D eigenvalue weighted by Crippen LogP contribution is 2.33. The van der Waals surface area contributed by atoms with Gasteiger partial charge in [0, 0.05) is 29.0 Å². The number of hydrogen-bond acceptors (Lipinski definition) is 2. The number of nitrogens with one attached hydrogen (secondary N) is 1. The molecule has 0 aliphatic carbocycles. The molecule has 0 radical (unpaired) electrons. The minimum Gasteiger partial charge on any atom is -0.355 e. The summed E-state index contributed by atoms with van der Waals surface area (Å²) in [5.41, 5.74) is 1.18. The van der Waals surface area contributed by atoms with Crippen LogP contribution in [-0.2, 0) is 4.79 Å². The summed E-state index contributed by atoms with van der Waals surface area (Å²) in [5, 5.41) is 3.88. The zero-order valence-corrected chi connectivity index (χ0v) is 9.77. The third kappa shape index (κ3) is 2.89. The molecule has 0 saturated carbocycles. The molecule has 1 aromatic rings. The molecule has 1 fully saturated rings. The van der Waals surface area contributed by atoms with Crippen molar-refractivity contribution in [3.63, 3.8) is 0 Å². The van der Waals surface area contributed by atoms with Crippen LogP contribution in [0.25, 0.3) is 0 Å². The first-order valence-electron chi connectivity index (χ1n) is 4.89. The van der Waals surface area contributed by atoms with E-state index in [4.69, 9.17) is 11.6 Å². The standard InChI is InChI=1S/C11H12ClNOS/c12-9-3-1-8(2-4-9)10-7-11(14)13-5-6-15-10/h1-4,10H,5-7H2,(H,13,14). The molecule has 1 N–H and O–H groups in total. The van der Waals surface area contributed by atoms with Gasteiger partial charge in [0.25, 0.3) is 0 Å². The van der Waals surface area contributed by atoms with Crippen LogP contribution in [0.3, 0.4) is 0 Å². The fourth-order valence-corrected chi connectivity index (χ4v) is 2.83. The maximum atomic E-state index is 11.4. The van der Waals surface area contributed by atoms with Gasteiger partial charge in [0.05, 0.1) is 0 Å². The van der Waals surface area contributed by atoms with E-state index in [0.29, 0.717) is 6.42 Å². The summed E-state index contributed by atoms with van der Waals surface area (Å²) in [4.78, 5) is 11.4. The average Bonchev–Trinajstić information content (AvgIpc) is 2.44. The molecule has 0 bridgehead atoms. The number of amides is 1. The van der Waals surface area contributed by atoms with Crippen LogP contribution >= 0.6 is 23.4 Å². The Kier molecular flexibility index (Phi) is 3.54. The smallest absolute Gasteiger partial charge is 0.221 e. The number of carbonyl (C=O) groups excluding carboxylic acids is 1. The molecule has 2 rings (SSSR count). The zero-order valence-electron chi connectivity index (χ0n) is 8.20. The number of hydrogen-bond donors (Lipinski definition) is 1. The molecule has 1 aromatic carbocycles. The van der Waals surface area contributed by atoms with Crippen molar-refractivity contribution < 1.29 is 4.79 Å². The van der Waals surface area contributed by atoms with Gasteiger partial charge in [0.1, 0.15) is 0 Å². The zero-order chi connectivity index (χ0) is 10.7. The molecule has 15 heavy (non-hydrogen) atoms. The lowest BCUT2D eigenvalue weighted by Gasteiger charge is -2.12. The molecule has 1 heterocycles. The van der Waals surface area contributed by atoms with Gasteiger partial charge in [-0.3, -0.25) is 4.79 Å². The molecule has 1 aliphatic heterocycles. The van der Waals surface area contributed by atoms with Crippen molar-refractivity contribution >= 4 is 29.3 Å². The Morgan fingerprint density at radius 3 is 2.80 bits per heavy atom. The maximum absolute atomic E-state index is 11.4. The van der Waals surface area contributed by atoms with E-state index in [0.717, 1.165) is 17.3 Å². The van der Waals surface area contributed by atoms with Crippen molar-refractivity contribution in [2.45, 2.75) is 11.7 Å². The predicted octanol–water partition coefficient (Wildman–Crippen LogP) is 2.63. The largest absolute Gasteiger partial charge is 0.355 e. The molecule has 4 heteroatoms. The van der Waals surface area contributed by atoms with Crippen LogP contribution in [0, 0.1) is 0 Å². The summed E-state index contributed by atoms with van der Waals surface area (Å²) >= 11 is 7.65. The third-order valence-corrected chi connectivity index (χ3v) is 3.89. The van der Waals surface area contributed by atoms with Crippen LogP contribution in [0.2, 0.25) is 5.02 Å². The highest BCUT2D eigenvalue weighted by atomic mass is 35.5. The molecule has 1 saturated heterocycles. The second kappa shape index (κ2) is 4.90. The fraction of sp³-hybridized carbons (Fsp3) is 0.364. The normalized spacial score (nSPS) is 21.9. The first-order valence-corrected chi connectivity index (χ1v) is 6.32. The van der Waals surface area contributed by atoms with Gasteiger partial charge in [0.15, 0.2) is 0 Å². The third-order valence-electron chi connectivity index (χ3n) is 2.36. The Hall–Kier alpha value is -0.670. The van der Waals surface area contributed by atoms with Crippen molar-refractivity contribution in [1.29, 1.82) is 0 Å². The van der Waals surface area contributed by atoms with E-state index < -0.39 is 0 Å². The van der Waals surface area contributed by atoms with Gasteiger partial charge in [-0.25, -0.2) is 0 Å². The number of carbonyl (C=O) groups is 1. The van der Waals surface area contributed by atoms with Crippen molar-refractivity contribution in [2.24, 2.45) is 0 Å². The monoisotopic (exact) mass is 241 g/mol. The highest BCUT2D eigenvalue weighted by molar-refractivity contribution is 7.99. The number of halogens is 1. The Morgan fingerprint density at radius 1 is 1.33 bits per heavy atom. The molecule has 1 unspecified atom stereocenters. The van der Waals surface area contributed by atoms with Crippen molar-refractivity contribution in [2.75, 3.05) is 12.3 Å². The van der Waals surface area contributed by atoms with Gasteiger partial charge < -0.3 is 5.32 Å². The van der Waals surface area contributed by atoms with E-state index >= 15 is 0 Å². The quantitative estimate of drug-likeness (QED) is 0.819. The summed E-state index contributed by atoms with van der Waals surface area (Å²) in [5.74, 6) is 1.11. The van der Waals surface area contributed by atoms with Gasteiger partial charge in [0.2, 0.25) is 5.91 Å². The SMILES string of the molecule is O=C1CC(c2ccc(Cl)cc2)SCCN1. The van der Waals surface area contributed by atoms with E-state index in [-0.39, 0.29) is 11.2 Å². The Labute approximate surface area is 98.4 Å². The van der Waals surface area contributed by atoms with Crippen molar-refractivity contribution in [3.05, 3.63) is 34.9 Å². The van der Waals surface area contributed by atoms with E-state index in [9.17, 15) is 4.79 Å². The molecule has 1 atom stereocenters. The highest BCUT2D eigenvalue weighted by Gasteiger charge is 2.19. The van der Waals surface area contributed by atoms with Crippen LogP contribution < -0.4 is 5.32 Å². The van der Waals surface area contributed by atoms with E-state index in [1.165, 1.54) is 5.56 Å². The number of thioether (sulfide) groups is 1. The summed E-state index contributed by atoms with van der Waals surface area (Å²) in [6, 6.07) is 7.75. The molecule has 80 valence electrons. The van der Waals surface area contributed by atoms with Gasteiger partial charge in [-0.15, -0.1) is 0 Å². The van der Waals surface area contributed by atoms with Gasteiger partial charge in [-0.05, 0) is 17.7 Å². The number of benzene rings is 1. The van der Waals surface area contributed by atoms with Crippen LogP contribution in [0.15, 0.2) is 24.3 Å². The van der Waals surface area contributed by atoms with E-state index in [1.54, 1.807) is 0 Å². The fourth-order valence-electron chi connectivity index (χ4n) is 1.58. The summed E-state index contributed by atoms with van der Waals surface area (Å²) in [7, 11) is 0. The second-order valence-corrected chi connectivity index (χ2v) is 5.21. The Morgan fingerprint density at radius 2 is 2.07 bits per heavy atom. The Balaban J connectivity index is 2.14. The lowest BCUT2D eigenvalue weighted by molar-refractivity contribution is -0.120. The first kappa shape index (κ1) is 10.8. The molecule has 2 nitrogen and oxygen atoms in total. The summed E-state index contributed by atoms with van der Waals surface area (Å²) < 4.78 is 0. The van der Waals surface area contributed by atoms with Gasteiger partial charge in [-0.2, -0.15) is 11.8 Å². The first-order chi connectivity index (χ1) is 7.25. The van der Waals surface area contributed by atoms with Crippen LogP contribution in [-0.4, -0.2) is 18.2 Å². The molecular weight excluding hydrogens is 230 g/mol. The van der Waals surface area contributed by atoms with Gasteiger partial charge >= 0.3 is 0 Å². The minimum absolute atomic E-state index is 0.139. The molecule has 1 aliphatic rings. The van der Waals surface area contributed by atoms with Crippen molar-refractivity contribution in [3.8, 4) is 0 Å². The lowest BCUT2D eigenvalue weighted by atomic mass is 10.1. The number of rotatable bonds is 1. The molecule has 0 spiro atoms. The van der Waals surface area contributed by atoms with Crippen LogP contribution in [0.1, 0.15) is 17.2 Å². The lowest BCUT2D eigenvalue weighted by Crippen LogP contribution is -2.23. The average molecular weight is 242 g/mol. The van der Waals surface area contributed by atoms with Gasteiger partial charge in [-0.1, -0.05) is 23.7 Å². The van der Waals surface area contributed by atoms with E-state index in [2.05, 4.69) is 5.32 Å². The molecular formula is C11H12ClNOS. The molecule has 0 aromatic heterocycles. The Bertz CT molecular complexity index is 352.